The van der Waals surface area contributed by atoms with E-state index < -0.39 is 10.0 Å². The normalized spacial score (nSPS) is 15.3. The van der Waals surface area contributed by atoms with Gasteiger partial charge in [-0.25, -0.2) is 8.42 Å². The van der Waals surface area contributed by atoms with Gasteiger partial charge in [-0.15, -0.1) is 0 Å². The van der Waals surface area contributed by atoms with E-state index in [1.165, 1.54) is 31.4 Å². The highest BCUT2D eigenvalue weighted by Crippen LogP contribution is 2.26. The molecule has 0 aromatic heterocycles. The first-order valence-corrected chi connectivity index (χ1v) is 12.4. The number of para-hydroxylation sites is 2. The predicted molar refractivity (Wildman–Crippen MR) is 126 cm³/mol. The fraction of sp³-hybridized carbons (Fsp3) is 0.435. The van der Waals surface area contributed by atoms with Crippen molar-refractivity contribution in [3.8, 4) is 5.75 Å². The SMILES string of the molecule is CCN1CCN(CCCNC(=O)c2ccc(S(=O)(=O)Nc3ccccc3OC)cc2)CC1. The molecule has 2 N–H and O–H groups in total. The minimum absolute atomic E-state index is 0.0752. The van der Waals surface area contributed by atoms with Crippen molar-refractivity contribution < 1.29 is 17.9 Å². The number of carbonyl (C=O) groups is 1. The largest absolute Gasteiger partial charge is 0.495 e. The highest BCUT2D eigenvalue weighted by Gasteiger charge is 2.18. The van der Waals surface area contributed by atoms with Crippen LogP contribution >= 0.6 is 0 Å². The monoisotopic (exact) mass is 460 g/mol. The molecule has 0 unspecified atom stereocenters. The topological polar surface area (TPSA) is 91.0 Å². The zero-order chi connectivity index (χ0) is 23.0. The highest BCUT2D eigenvalue weighted by atomic mass is 32.2. The van der Waals surface area contributed by atoms with Crippen molar-refractivity contribution in [3.05, 3.63) is 54.1 Å². The van der Waals surface area contributed by atoms with Crippen molar-refractivity contribution in [1.29, 1.82) is 0 Å². The lowest BCUT2D eigenvalue weighted by Crippen LogP contribution is -2.46. The molecule has 0 aliphatic carbocycles. The molecule has 2 aromatic carbocycles. The fourth-order valence-electron chi connectivity index (χ4n) is 3.65. The van der Waals surface area contributed by atoms with Gasteiger partial charge in [0.25, 0.3) is 15.9 Å². The number of methoxy groups -OCH3 is 1. The third-order valence-electron chi connectivity index (χ3n) is 5.63. The molecule has 0 saturated carbocycles. The number of likely N-dealkylation sites (N-methyl/N-ethyl adjacent to an activating group) is 1. The number of anilines is 1. The maximum atomic E-state index is 12.7. The molecule has 8 nitrogen and oxygen atoms in total. The van der Waals surface area contributed by atoms with Gasteiger partial charge < -0.3 is 19.9 Å². The van der Waals surface area contributed by atoms with Crippen LogP contribution in [0.15, 0.2) is 53.4 Å². The van der Waals surface area contributed by atoms with Crippen LogP contribution in [-0.4, -0.2) is 77.0 Å². The zero-order valence-corrected chi connectivity index (χ0v) is 19.5. The van der Waals surface area contributed by atoms with Gasteiger partial charge in [0.2, 0.25) is 0 Å². The predicted octanol–water partition coefficient (Wildman–Crippen LogP) is 2.25. The van der Waals surface area contributed by atoms with E-state index in [0.29, 0.717) is 23.5 Å². The Morgan fingerprint density at radius 3 is 2.31 bits per heavy atom. The number of piperazine rings is 1. The summed E-state index contributed by atoms with van der Waals surface area (Å²) < 4.78 is 33.1. The second-order valence-corrected chi connectivity index (χ2v) is 9.40. The number of nitrogens with one attached hydrogen (secondary N) is 2. The Hall–Kier alpha value is -2.62. The molecule has 1 saturated heterocycles. The van der Waals surface area contributed by atoms with Crippen LogP contribution in [0.3, 0.4) is 0 Å². The van der Waals surface area contributed by atoms with Gasteiger partial charge in [0.15, 0.2) is 0 Å². The van der Waals surface area contributed by atoms with Crippen molar-refractivity contribution in [2.45, 2.75) is 18.2 Å². The molecule has 0 spiro atoms. The number of carbonyl (C=O) groups excluding carboxylic acids is 1. The van der Waals surface area contributed by atoms with E-state index >= 15 is 0 Å². The molecule has 1 amide bonds. The average Bonchev–Trinajstić information content (AvgIpc) is 2.82. The number of hydrogen-bond acceptors (Lipinski definition) is 6. The van der Waals surface area contributed by atoms with E-state index in [1.807, 2.05) is 0 Å². The second-order valence-electron chi connectivity index (χ2n) is 7.72. The molecule has 174 valence electrons. The van der Waals surface area contributed by atoms with Gasteiger partial charge in [0.1, 0.15) is 5.75 Å². The molecule has 0 bridgehead atoms. The van der Waals surface area contributed by atoms with Crippen LogP contribution < -0.4 is 14.8 Å². The molecule has 0 radical (unpaired) electrons. The molecular weight excluding hydrogens is 428 g/mol. The molecule has 1 aliphatic heterocycles. The van der Waals surface area contributed by atoms with Gasteiger partial charge in [-0.3, -0.25) is 9.52 Å². The van der Waals surface area contributed by atoms with Crippen LogP contribution in [0.4, 0.5) is 5.69 Å². The smallest absolute Gasteiger partial charge is 0.262 e. The number of nitrogens with zero attached hydrogens (tertiary/aromatic N) is 2. The summed E-state index contributed by atoms with van der Waals surface area (Å²) in [5.74, 6) is 0.224. The molecule has 9 heteroatoms. The Balaban J connectivity index is 1.48. The van der Waals surface area contributed by atoms with Gasteiger partial charge in [-0.2, -0.15) is 0 Å². The van der Waals surface area contributed by atoms with Crippen LogP contribution in [0.25, 0.3) is 0 Å². The van der Waals surface area contributed by atoms with E-state index in [9.17, 15) is 13.2 Å². The maximum Gasteiger partial charge on any atom is 0.262 e. The van der Waals surface area contributed by atoms with E-state index in [2.05, 4.69) is 26.8 Å². The molecule has 0 atom stereocenters. The van der Waals surface area contributed by atoms with Crippen molar-refractivity contribution in [1.82, 2.24) is 15.1 Å². The molecule has 2 aromatic rings. The van der Waals surface area contributed by atoms with E-state index in [1.54, 1.807) is 24.3 Å². The number of hydrogen-bond donors (Lipinski definition) is 2. The summed E-state index contributed by atoms with van der Waals surface area (Å²) in [4.78, 5) is 17.3. The van der Waals surface area contributed by atoms with Crippen molar-refractivity contribution >= 4 is 21.6 Å². The number of sulfonamides is 1. The van der Waals surface area contributed by atoms with Gasteiger partial charge in [-0.1, -0.05) is 19.1 Å². The van der Waals surface area contributed by atoms with E-state index in [-0.39, 0.29) is 10.8 Å². The lowest BCUT2D eigenvalue weighted by Gasteiger charge is -2.33. The van der Waals surface area contributed by atoms with Crippen molar-refractivity contribution in [3.63, 3.8) is 0 Å². The summed E-state index contributed by atoms with van der Waals surface area (Å²) in [7, 11) is -2.32. The standard InChI is InChI=1S/C23H32N4O4S/c1-3-26-15-17-27(18-16-26)14-6-13-24-23(28)19-9-11-20(12-10-19)32(29,30)25-21-7-4-5-8-22(21)31-2/h4-5,7-12,25H,3,6,13-18H2,1-2H3,(H,24,28). The Morgan fingerprint density at radius 1 is 1.00 bits per heavy atom. The average molecular weight is 461 g/mol. The number of ether oxygens (including phenoxy) is 1. The number of amides is 1. The first-order chi connectivity index (χ1) is 15.4. The quantitative estimate of drug-likeness (QED) is 0.529. The Kier molecular flexibility index (Phi) is 8.49. The van der Waals surface area contributed by atoms with Crippen molar-refractivity contribution in [2.24, 2.45) is 0 Å². The van der Waals surface area contributed by atoms with Crippen LogP contribution in [0.1, 0.15) is 23.7 Å². The highest BCUT2D eigenvalue weighted by molar-refractivity contribution is 7.92. The lowest BCUT2D eigenvalue weighted by molar-refractivity contribution is 0.0948. The molecule has 1 fully saturated rings. The van der Waals surface area contributed by atoms with Gasteiger partial charge in [0.05, 0.1) is 17.7 Å². The Morgan fingerprint density at radius 2 is 1.66 bits per heavy atom. The van der Waals surface area contributed by atoms with Gasteiger partial charge in [0, 0.05) is 38.3 Å². The summed E-state index contributed by atoms with van der Waals surface area (Å²) in [6.45, 7) is 9.17. The molecular formula is C23H32N4O4S. The fourth-order valence-corrected chi connectivity index (χ4v) is 4.72. The van der Waals surface area contributed by atoms with E-state index in [0.717, 1.165) is 45.7 Å². The first-order valence-electron chi connectivity index (χ1n) is 10.9. The van der Waals surface area contributed by atoms with Crippen molar-refractivity contribution in [2.75, 3.05) is 57.6 Å². The summed E-state index contributed by atoms with van der Waals surface area (Å²) >= 11 is 0. The minimum atomic E-state index is -3.80. The minimum Gasteiger partial charge on any atom is -0.495 e. The van der Waals surface area contributed by atoms with E-state index in [4.69, 9.17) is 4.74 Å². The van der Waals surface area contributed by atoms with Gasteiger partial charge in [-0.05, 0) is 55.9 Å². The third kappa shape index (κ3) is 6.44. The first kappa shape index (κ1) is 24.0. The Labute approximate surface area is 190 Å². The molecule has 32 heavy (non-hydrogen) atoms. The summed E-state index contributed by atoms with van der Waals surface area (Å²) in [5, 5.41) is 2.91. The lowest BCUT2D eigenvalue weighted by atomic mass is 10.2. The molecule has 3 rings (SSSR count). The maximum absolute atomic E-state index is 12.7. The molecule has 1 heterocycles. The number of benzene rings is 2. The summed E-state index contributed by atoms with van der Waals surface area (Å²) in [6, 6.07) is 12.7. The van der Waals surface area contributed by atoms with Crippen LogP contribution in [0.5, 0.6) is 5.75 Å². The third-order valence-corrected chi connectivity index (χ3v) is 7.01. The van der Waals surface area contributed by atoms with Crippen LogP contribution in [0, 0.1) is 0 Å². The number of rotatable bonds is 10. The van der Waals surface area contributed by atoms with Crippen LogP contribution in [0.2, 0.25) is 0 Å². The van der Waals surface area contributed by atoms with Gasteiger partial charge >= 0.3 is 0 Å². The molecule has 1 aliphatic rings. The summed E-state index contributed by atoms with van der Waals surface area (Å²) in [6.07, 6.45) is 0.882. The second kappa shape index (κ2) is 11.3. The zero-order valence-electron chi connectivity index (χ0n) is 18.7. The Bertz CT molecular complexity index is 987. The summed E-state index contributed by atoms with van der Waals surface area (Å²) in [5.41, 5.74) is 0.783. The van der Waals surface area contributed by atoms with Crippen LogP contribution in [-0.2, 0) is 10.0 Å².